The van der Waals surface area contributed by atoms with E-state index in [-0.39, 0.29) is 10.7 Å². The predicted molar refractivity (Wildman–Crippen MR) is 90.5 cm³/mol. The van der Waals surface area contributed by atoms with Crippen LogP contribution < -0.4 is 10.5 Å². The fraction of sp³-hybridized carbons (Fsp3) is 0. The summed E-state index contributed by atoms with van der Waals surface area (Å²) < 4.78 is 28.1. The molecule has 0 atom stereocenters. The monoisotopic (exact) mass is 400 g/mol. The first kappa shape index (κ1) is 15.1. The van der Waals surface area contributed by atoms with Crippen LogP contribution in [-0.4, -0.2) is 18.4 Å². The largest absolute Gasteiger partial charge is 0.384 e. The second-order valence-electron chi connectivity index (χ2n) is 4.54. The number of rotatable bonds is 3. The van der Waals surface area contributed by atoms with Gasteiger partial charge in [-0.05, 0) is 24.3 Å². The van der Waals surface area contributed by atoms with Crippen molar-refractivity contribution in [3.05, 3.63) is 46.2 Å². The Hall–Kier alpha value is -1.77. The molecule has 0 spiro atoms. The Bertz CT molecular complexity index is 954. The van der Waals surface area contributed by atoms with Crippen LogP contribution >= 0.6 is 27.5 Å². The van der Waals surface area contributed by atoms with Crippen molar-refractivity contribution in [2.24, 2.45) is 0 Å². The van der Waals surface area contributed by atoms with Crippen LogP contribution in [0.1, 0.15) is 0 Å². The molecule has 2 aromatic heterocycles. The molecule has 0 bridgehead atoms. The van der Waals surface area contributed by atoms with E-state index < -0.39 is 10.0 Å². The minimum absolute atomic E-state index is 0.0208. The van der Waals surface area contributed by atoms with Crippen molar-refractivity contribution in [2.45, 2.75) is 4.90 Å². The van der Waals surface area contributed by atoms with Gasteiger partial charge in [0.1, 0.15) is 10.7 Å². The molecule has 0 fully saturated rings. The maximum atomic E-state index is 12.4. The van der Waals surface area contributed by atoms with Crippen LogP contribution in [0.4, 0.5) is 11.5 Å². The molecule has 1 aromatic carbocycles. The number of aromatic amines is 1. The quantitative estimate of drug-likeness (QED) is 0.626. The first-order valence-corrected chi connectivity index (χ1v) is 8.73. The first-order chi connectivity index (χ1) is 10.4. The van der Waals surface area contributed by atoms with Crippen LogP contribution in [-0.2, 0) is 10.0 Å². The Morgan fingerprint density at radius 2 is 2.09 bits per heavy atom. The molecular formula is C13H10BrClN4O2S. The van der Waals surface area contributed by atoms with E-state index in [2.05, 4.69) is 30.6 Å². The van der Waals surface area contributed by atoms with Crippen LogP contribution in [0.2, 0.25) is 5.02 Å². The number of benzene rings is 1. The molecular weight excluding hydrogens is 392 g/mol. The van der Waals surface area contributed by atoms with Crippen LogP contribution in [0, 0.1) is 0 Å². The number of aromatic nitrogens is 2. The minimum atomic E-state index is -3.78. The summed E-state index contributed by atoms with van der Waals surface area (Å²) >= 11 is 9.41. The fourth-order valence-electron chi connectivity index (χ4n) is 2.00. The van der Waals surface area contributed by atoms with Gasteiger partial charge < -0.3 is 10.7 Å². The normalized spacial score (nSPS) is 11.7. The Morgan fingerprint density at radius 3 is 2.77 bits per heavy atom. The summed E-state index contributed by atoms with van der Waals surface area (Å²) in [4.78, 5) is 6.76. The molecule has 9 heteroatoms. The third-order valence-electron chi connectivity index (χ3n) is 3.02. The lowest BCUT2D eigenvalue weighted by Gasteiger charge is -2.10. The van der Waals surface area contributed by atoms with Gasteiger partial charge in [0, 0.05) is 22.3 Å². The van der Waals surface area contributed by atoms with Gasteiger partial charge in [-0.25, -0.2) is 13.4 Å². The zero-order chi connectivity index (χ0) is 15.9. The number of nitrogen functional groups attached to an aromatic ring is 1. The number of nitrogens with zero attached hydrogens (tertiary/aromatic N) is 1. The van der Waals surface area contributed by atoms with Crippen LogP contribution in [0.25, 0.3) is 10.9 Å². The maximum absolute atomic E-state index is 12.4. The summed E-state index contributed by atoms with van der Waals surface area (Å²) in [6.45, 7) is 0. The highest BCUT2D eigenvalue weighted by atomic mass is 79.9. The van der Waals surface area contributed by atoms with Gasteiger partial charge in [-0.3, -0.25) is 4.72 Å². The Morgan fingerprint density at radius 1 is 1.32 bits per heavy atom. The van der Waals surface area contributed by atoms with E-state index in [9.17, 15) is 8.42 Å². The number of H-pyrrole nitrogens is 1. The average molecular weight is 402 g/mol. The first-order valence-electron chi connectivity index (χ1n) is 6.07. The summed E-state index contributed by atoms with van der Waals surface area (Å²) in [5, 5.41) is 1.22. The Kier molecular flexibility index (Phi) is 3.75. The second-order valence-corrected chi connectivity index (χ2v) is 7.54. The zero-order valence-corrected chi connectivity index (χ0v) is 14.1. The SMILES string of the molecule is Nc1ccc(S(=O)(=O)Nc2cc(Br)cc3c(Cl)c[nH]c23)cn1. The molecule has 4 N–H and O–H groups in total. The fourth-order valence-corrected chi connectivity index (χ4v) is 3.67. The number of nitrogens with one attached hydrogen (secondary N) is 2. The molecule has 0 amide bonds. The second kappa shape index (κ2) is 5.45. The topological polar surface area (TPSA) is 101 Å². The van der Waals surface area contributed by atoms with Crippen LogP contribution in [0.3, 0.4) is 0 Å². The predicted octanol–water partition coefficient (Wildman–Crippen LogP) is 3.36. The lowest BCUT2D eigenvalue weighted by atomic mass is 10.2. The zero-order valence-electron chi connectivity index (χ0n) is 11.0. The number of pyridine rings is 1. The molecule has 0 radical (unpaired) electrons. The van der Waals surface area contributed by atoms with Gasteiger partial charge in [-0.2, -0.15) is 0 Å². The summed E-state index contributed by atoms with van der Waals surface area (Å²) in [7, 11) is -3.78. The molecule has 0 aliphatic rings. The molecule has 0 aliphatic heterocycles. The molecule has 0 aliphatic carbocycles. The molecule has 0 unspecified atom stereocenters. The molecule has 0 saturated heterocycles. The molecule has 2 heterocycles. The maximum Gasteiger partial charge on any atom is 0.263 e. The van der Waals surface area contributed by atoms with Crippen molar-refractivity contribution in [2.75, 3.05) is 10.5 Å². The molecule has 3 aromatic rings. The molecule has 6 nitrogen and oxygen atoms in total. The van der Waals surface area contributed by atoms with E-state index in [0.29, 0.717) is 26.1 Å². The van der Waals surface area contributed by atoms with E-state index in [1.807, 2.05) is 0 Å². The smallest absolute Gasteiger partial charge is 0.263 e. The summed E-state index contributed by atoms with van der Waals surface area (Å²) in [5.41, 5.74) is 6.45. The minimum Gasteiger partial charge on any atom is -0.384 e. The van der Waals surface area contributed by atoms with E-state index in [4.69, 9.17) is 17.3 Å². The molecule has 22 heavy (non-hydrogen) atoms. The molecule has 3 rings (SSSR count). The third kappa shape index (κ3) is 2.77. The van der Waals surface area contributed by atoms with Crippen molar-refractivity contribution in [1.29, 1.82) is 0 Å². The standard InChI is InChI=1S/C13H10BrClN4O2S/c14-7-3-9-10(15)6-18-13(9)11(4-7)19-22(20,21)8-1-2-12(16)17-5-8/h1-6,18-19H,(H2,16,17). The van der Waals surface area contributed by atoms with Gasteiger partial charge in [0.15, 0.2) is 0 Å². The Balaban J connectivity index is 2.07. The van der Waals surface area contributed by atoms with Gasteiger partial charge in [0.2, 0.25) is 0 Å². The number of nitrogens with two attached hydrogens (primary N) is 1. The number of halogens is 2. The van der Waals surface area contributed by atoms with E-state index in [1.54, 1.807) is 18.3 Å². The number of fused-ring (bicyclic) bond motifs is 1. The van der Waals surface area contributed by atoms with Gasteiger partial charge in [-0.15, -0.1) is 0 Å². The van der Waals surface area contributed by atoms with E-state index >= 15 is 0 Å². The number of hydrogen-bond donors (Lipinski definition) is 3. The van der Waals surface area contributed by atoms with Gasteiger partial charge in [-0.1, -0.05) is 27.5 Å². The highest BCUT2D eigenvalue weighted by Crippen LogP contribution is 2.33. The highest BCUT2D eigenvalue weighted by molar-refractivity contribution is 9.10. The van der Waals surface area contributed by atoms with Gasteiger partial charge >= 0.3 is 0 Å². The summed E-state index contributed by atoms with van der Waals surface area (Å²) in [5.74, 6) is 0.250. The number of anilines is 2. The number of sulfonamides is 1. The third-order valence-corrected chi connectivity index (χ3v) is 5.14. The summed E-state index contributed by atoms with van der Waals surface area (Å²) in [6.07, 6.45) is 2.80. The van der Waals surface area contributed by atoms with Crippen molar-refractivity contribution < 1.29 is 8.42 Å². The van der Waals surface area contributed by atoms with Crippen molar-refractivity contribution >= 4 is 60.0 Å². The van der Waals surface area contributed by atoms with Crippen molar-refractivity contribution in [1.82, 2.24) is 9.97 Å². The lowest BCUT2D eigenvalue weighted by molar-refractivity contribution is 0.601. The highest BCUT2D eigenvalue weighted by Gasteiger charge is 2.17. The van der Waals surface area contributed by atoms with E-state index in [1.165, 1.54) is 18.3 Å². The van der Waals surface area contributed by atoms with Crippen LogP contribution in [0.15, 0.2) is 46.0 Å². The molecule has 0 saturated carbocycles. The summed E-state index contributed by atoms with van der Waals surface area (Å²) in [6, 6.07) is 6.27. The van der Waals surface area contributed by atoms with Gasteiger partial charge in [0.25, 0.3) is 10.0 Å². The number of hydrogen-bond acceptors (Lipinski definition) is 4. The van der Waals surface area contributed by atoms with Crippen LogP contribution in [0.5, 0.6) is 0 Å². The van der Waals surface area contributed by atoms with Gasteiger partial charge in [0.05, 0.1) is 16.2 Å². The average Bonchev–Trinajstić information content (AvgIpc) is 2.81. The van der Waals surface area contributed by atoms with Crippen molar-refractivity contribution in [3.8, 4) is 0 Å². The van der Waals surface area contributed by atoms with Crippen molar-refractivity contribution in [3.63, 3.8) is 0 Å². The molecule has 114 valence electrons. The van der Waals surface area contributed by atoms with E-state index in [0.717, 1.165) is 0 Å². The Labute approximate surface area is 139 Å². The lowest BCUT2D eigenvalue weighted by Crippen LogP contribution is -2.13.